The highest BCUT2D eigenvalue weighted by Gasteiger charge is 2.26. The third-order valence-corrected chi connectivity index (χ3v) is 3.02. The van der Waals surface area contributed by atoms with E-state index >= 15 is 0 Å². The normalized spacial score (nSPS) is 12.4. The number of ether oxygens (including phenoxy) is 1. The van der Waals surface area contributed by atoms with Crippen LogP contribution in [0.15, 0.2) is 28.7 Å². The Bertz CT molecular complexity index is 580. The molecular weight excluding hydrogens is 354 g/mol. The fraction of sp³-hybridized carbons (Fsp3) is 0.400. The number of aliphatic carboxylic acids is 1. The van der Waals surface area contributed by atoms with Gasteiger partial charge in [0, 0.05) is 16.5 Å². The number of alkyl carbamates (subject to hydrolysis) is 1. The van der Waals surface area contributed by atoms with Gasteiger partial charge in [-0.05, 0) is 32.9 Å². The predicted octanol–water partition coefficient (Wildman–Crippen LogP) is 3.00. The Morgan fingerprint density at radius 3 is 2.45 bits per heavy atom. The first-order valence-corrected chi connectivity index (χ1v) is 7.39. The molecule has 1 amide bonds. The highest BCUT2D eigenvalue weighted by atomic mass is 79.9. The lowest BCUT2D eigenvalue weighted by Gasteiger charge is -2.21. The maximum absolute atomic E-state index is 12.1. The second-order valence-corrected chi connectivity index (χ2v) is 6.59. The van der Waals surface area contributed by atoms with E-state index in [0.29, 0.717) is 10.0 Å². The summed E-state index contributed by atoms with van der Waals surface area (Å²) in [6.07, 6.45) is -1.23. The van der Waals surface area contributed by atoms with Crippen LogP contribution in [0.2, 0.25) is 0 Å². The maximum atomic E-state index is 12.1. The molecule has 0 aliphatic rings. The lowest BCUT2D eigenvalue weighted by Crippen LogP contribution is -2.44. The number of carbonyl (C=O) groups excluding carboxylic acids is 2. The Morgan fingerprint density at radius 1 is 1.32 bits per heavy atom. The number of amides is 1. The van der Waals surface area contributed by atoms with Crippen molar-refractivity contribution in [1.82, 2.24) is 5.32 Å². The Kier molecular flexibility index (Phi) is 6.11. The molecule has 0 heterocycles. The van der Waals surface area contributed by atoms with Crippen molar-refractivity contribution in [3.05, 3.63) is 34.3 Å². The molecule has 1 aromatic carbocycles. The number of benzene rings is 1. The van der Waals surface area contributed by atoms with E-state index in [2.05, 4.69) is 21.2 Å². The molecule has 0 aliphatic heterocycles. The van der Waals surface area contributed by atoms with Gasteiger partial charge in [0.2, 0.25) is 0 Å². The highest BCUT2D eigenvalue weighted by molar-refractivity contribution is 9.10. The fourth-order valence-electron chi connectivity index (χ4n) is 1.62. The molecule has 1 atom stereocenters. The minimum atomic E-state index is -1.35. The van der Waals surface area contributed by atoms with Gasteiger partial charge in [0.15, 0.2) is 5.78 Å². The number of halogens is 1. The van der Waals surface area contributed by atoms with Crippen molar-refractivity contribution in [3.8, 4) is 0 Å². The minimum absolute atomic E-state index is 0.356. The minimum Gasteiger partial charge on any atom is -0.480 e. The summed E-state index contributed by atoms with van der Waals surface area (Å²) >= 11 is 3.24. The molecule has 0 radical (unpaired) electrons. The van der Waals surface area contributed by atoms with Crippen LogP contribution < -0.4 is 5.32 Å². The smallest absolute Gasteiger partial charge is 0.408 e. The van der Waals surface area contributed by atoms with Crippen molar-refractivity contribution < 1.29 is 24.2 Å². The SMILES string of the molecule is CC(C)(C)OC(=O)NC(CC(=O)c1cccc(Br)c1)C(=O)O. The summed E-state index contributed by atoms with van der Waals surface area (Å²) in [7, 11) is 0. The summed E-state index contributed by atoms with van der Waals surface area (Å²) in [6, 6.07) is 5.26. The molecule has 0 saturated carbocycles. The van der Waals surface area contributed by atoms with Gasteiger partial charge in [0.05, 0.1) is 0 Å². The number of hydrogen-bond acceptors (Lipinski definition) is 4. The van der Waals surface area contributed by atoms with E-state index in [1.807, 2.05) is 0 Å². The first-order chi connectivity index (χ1) is 10.1. The number of carboxylic acids is 1. The number of hydrogen-bond donors (Lipinski definition) is 2. The van der Waals surface area contributed by atoms with Gasteiger partial charge in [-0.25, -0.2) is 9.59 Å². The Balaban J connectivity index is 2.74. The van der Waals surface area contributed by atoms with Gasteiger partial charge in [0.1, 0.15) is 11.6 Å². The van der Waals surface area contributed by atoms with E-state index in [9.17, 15) is 14.4 Å². The zero-order chi connectivity index (χ0) is 16.9. The van der Waals surface area contributed by atoms with E-state index in [1.54, 1.807) is 45.0 Å². The molecule has 1 aromatic rings. The van der Waals surface area contributed by atoms with E-state index in [1.165, 1.54) is 0 Å². The molecule has 1 unspecified atom stereocenters. The molecular formula is C15H18BrNO5. The van der Waals surface area contributed by atoms with Gasteiger partial charge < -0.3 is 15.2 Å². The van der Waals surface area contributed by atoms with Crippen molar-refractivity contribution in [2.24, 2.45) is 0 Å². The van der Waals surface area contributed by atoms with Crippen LogP contribution in [0, 0.1) is 0 Å². The molecule has 120 valence electrons. The Hall–Kier alpha value is -1.89. The summed E-state index contributed by atoms with van der Waals surface area (Å²) in [5, 5.41) is 11.3. The molecule has 0 bridgehead atoms. The quantitative estimate of drug-likeness (QED) is 0.776. The molecule has 1 rings (SSSR count). The molecule has 0 fully saturated rings. The first kappa shape index (κ1) is 18.2. The Morgan fingerprint density at radius 2 is 1.95 bits per heavy atom. The monoisotopic (exact) mass is 371 g/mol. The van der Waals surface area contributed by atoms with Crippen LogP contribution in [-0.2, 0) is 9.53 Å². The summed E-state index contributed by atoms with van der Waals surface area (Å²) in [5.74, 6) is -1.68. The first-order valence-electron chi connectivity index (χ1n) is 6.59. The van der Waals surface area contributed by atoms with Crippen LogP contribution >= 0.6 is 15.9 Å². The predicted molar refractivity (Wildman–Crippen MR) is 83.9 cm³/mol. The largest absolute Gasteiger partial charge is 0.480 e. The summed E-state index contributed by atoms with van der Waals surface area (Å²) < 4.78 is 5.71. The van der Waals surface area contributed by atoms with Crippen LogP contribution in [0.25, 0.3) is 0 Å². The van der Waals surface area contributed by atoms with E-state index in [4.69, 9.17) is 9.84 Å². The molecule has 22 heavy (non-hydrogen) atoms. The molecule has 0 saturated heterocycles. The number of ketones is 1. The Labute approximate surface area is 137 Å². The van der Waals surface area contributed by atoms with E-state index in [0.717, 1.165) is 0 Å². The van der Waals surface area contributed by atoms with Gasteiger partial charge in [-0.1, -0.05) is 28.1 Å². The van der Waals surface area contributed by atoms with E-state index in [-0.39, 0.29) is 12.2 Å². The maximum Gasteiger partial charge on any atom is 0.408 e. The van der Waals surface area contributed by atoms with Crippen LogP contribution in [-0.4, -0.2) is 34.6 Å². The van der Waals surface area contributed by atoms with Crippen molar-refractivity contribution in [3.63, 3.8) is 0 Å². The second-order valence-electron chi connectivity index (χ2n) is 5.67. The van der Waals surface area contributed by atoms with Crippen LogP contribution in [0.1, 0.15) is 37.6 Å². The number of carbonyl (C=O) groups is 3. The van der Waals surface area contributed by atoms with Crippen molar-refractivity contribution in [2.75, 3.05) is 0 Å². The molecule has 7 heteroatoms. The average Bonchev–Trinajstić information content (AvgIpc) is 2.35. The number of rotatable bonds is 5. The van der Waals surface area contributed by atoms with Crippen LogP contribution in [0.3, 0.4) is 0 Å². The molecule has 0 aromatic heterocycles. The summed E-state index contributed by atoms with van der Waals surface area (Å²) in [5.41, 5.74) is -0.381. The zero-order valence-electron chi connectivity index (χ0n) is 12.6. The lowest BCUT2D eigenvalue weighted by atomic mass is 10.0. The molecule has 2 N–H and O–H groups in total. The number of carboxylic acid groups (broad SMARTS) is 1. The summed E-state index contributed by atoms with van der Waals surface area (Å²) in [4.78, 5) is 34.9. The van der Waals surface area contributed by atoms with Gasteiger partial charge in [0.25, 0.3) is 0 Å². The lowest BCUT2D eigenvalue weighted by molar-refractivity contribution is -0.139. The number of Topliss-reactive ketones (excluding diaryl/α,β-unsaturated/α-hetero) is 1. The third-order valence-electron chi connectivity index (χ3n) is 2.53. The second kappa shape index (κ2) is 7.40. The zero-order valence-corrected chi connectivity index (χ0v) is 14.1. The third kappa shape index (κ3) is 6.26. The van der Waals surface area contributed by atoms with Gasteiger partial charge in [-0.2, -0.15) is 0 Å². The van der Waals surface area contributed by atoms with Gasteiger partial charge in [-0.3, -0.25) is 4.79 Å². The topological polar surface area (TPSA) is 92.7 Å². The van der Waals surface area contributed by atoms with Crippen LogP contribution in [0.5, 0.6) is 0 Å². The molecule has 6 nitrogen and oxygen atoms in total. The van der Waals surface area contributed by atoms with Crippen molar-refractivity contribution >= 4 is 33.8 Å². The molecule has 0 spiro atoms. The average molecular weight is 372 g/mol. The van der Waals surface area contributed by atoms with Crippen molar-refractivity contribution in [2.45, 2.75) is 38.8 Å². The van der Waals surface area contributed by atoms with Crippen molar-refractivity contribution in [1.29, 1.82) is 0 Å². The van der Waals surface area contributed by atoms with E-state index < -0.39 is 23.7 Å². The number of nitrogens with one attached hydrogen (secondary N) is 1. The molecule has 0 aliphatic carbocycles. The fourth-order valence-corrected chi connectivity index (χ4v) is 2.01. The van der Waals surface area contributed by atoms with Crippen LogP contribution in [0.4, 0.5) is 4.79 Å². The summed E-state index contributed by atoms with van der Waals surface area (Å²) in [6.45, 7) is 4.99. The van der Waals surface area contributed by atoms with Gasteiger partial charge in [-0.15, -0.1) is 0 Å². The standard InChI is InChI=1S/C15H18BrNO5/c1-15(2,3)22-14(21)17-11(13(19)20)8-12(18)9-5-4-6-10(16)7-9/h4-7,11H,8H2,1-3H3,(H,17,21)(H,19,20). The highest BCUT2D eigenvalue weighted by Crippen LogP contribution is 2.14. The van der Waals surface area contributed by atoms with Gasteiger partial charge >= 0.3 is 12.1 Å².